The molecule has 1 heteroatoms. The van der Waals surface area contributed by atoms with Crippen LogP contribution in [0.5, 0.6) is 0 Å². The Morgan fingerprint density at radius 3 is 1.05 bits per heavy atom. The molecule has 0 N–H and O–H groups in total. The molecule has 186 valence electrons. The number of rotatable bonds is 4. The summed E-state index contributed by atoms with van der Waals surface area (Å²) >= 11 is 0. The molecule has 0 saturated heterocycles. The lowest BCUT2D eigenvalue weighted by Gasteiger charge is -2.32. The van der Waals surface area contributed by atoms with Crippen LogP contribution in [-0.4, -0.2) is 8.07 Å². The van der Waals surface area contributed by atoms with Crippen molar-refractivity contribution in [3.63, 3.8) is 0 Å². The fraction of sp³-hybridized carbons (Fsp3) is 0.0526. The maximum Gasteiger partial charge on any atom is 0.180 e. The zero-order valence-electron chi connectivity index (χ0n) is 22.4. The van der Waals surface area contributed by atoms with Crippen molar-refractivity contribution in [3.05, 3.63) is 157 Å². The van der Waals surface area contributed by atoms with Crippen LogP contribution in [0.1, 0.15) is 11.1 Å². The zero-order chi connectivity index (χ0) is 26.4. The molecule has 0 atom stereocenters. The van der Waals surface area contributed by atoms with E-state index in [0.717, 1.165) is 0 Å². The van der Waals surface area contributed by atoms with Crippen LogP contribution in [0.2, 0.25) is 0 Å². The molecule has 0 radical (unpaired) electrons. The lowest BCUT2D eigenvalue weighted by Crippen LogP contribution is -2.72. The van der Waals surface area contributed by atoms with E-state index < -0.39 is 8.07 Å². The Balaban J connectivity index is 1.62. The number of aryl methyl sites for hydroxylation is 2. The molecule has 0 spiro atoms. The fourth-order valence-corrected chi connectivity index (χ4v) is 12.0. The monoisotopic (exact) mass is 514 g/mol. The van der Waals surface area contributed by atoms with Gasteiger partial charge in [-0.25, -0.2) is 0 Å². The highest BCUT2D eigenvalue weighted by atomic mass is 28.3. The Hall–Kier alpha value is -4.46. The van der Waals surface area contributed by atoms with Crippen LogP contribution in [0.25, 0.3) is 33.4 Å². The summed E-state index contributed by atoms with van der Waals surface area (Å²) in [6.07, 6.45) is 0. The van der Waals surface area contributed by atoms with E-state index in [1.54, 1.807) is 0 Å². The third-order valence-electron chi connectivity index (χ3n) is 8.41. The number of hydrogen-bond acceptors (Lipinski definition) is 0. The molecule has 1 heterocycles. The Bertz CT molecular complexity index is 1650. The largest absolute Gasteiger partial charge is 0.180 e. The van der Waals surface area contributed by atoms with Gasteiger partial charge in [-0.15, -0.1) is 0 Å². The SMILES string of the molecule is Cc1cc2c(cc1-c1ccccc1)-c1cc(-c3ccccc3)c(C)cc1[Si]2(c1ccccc1)c1ccccc1. The summed E-state index contributed by atoms with van der Waals surface area (Å²) in [5, 5.41) is 5.87. The first-order valence-electron chi connectivity index (χ1n) is 13.7. The first-order valence-corrected chi connectivity index (χ1v) is 15.7. The van der Waals surface area contributed by atoms with Gasteiger partial charge in [0.25, 0.3) is 0 Å². The van der Waals surface area contributed by atoms with Crippen LogP contribution in [-0.2, 0) is 0 Å². The highest BCUT2D eigenvalue weighted by molar-refractivity contribution is 7.22. The van der Waals surface area contributed by atoms with Gasteiger partial charge in [-0.1, -0.05) is 133 Å². The number of fused-ring (bicyclic) bond motifs is 3. The number of benzene rings is 6. The van der Waals surface area contributed by atoms with E-state index in [9.17, 15) is 0 Å². The van der Waals surface area contributed by atoms with Gasteiger partial charge < -0.3 is 0 Å². The van der Waals surface area contributed by atoms with Gasteiger partial charge in [0, 0.05) is 0 Å². The fourth-order valence-electron chi connectivity index (χ4n) is 6.65. The van der Waals surface area contributed by atoms with Crippen LogP contribution in [0.3, 0.4) is 0 Å². The topological polar surface area (TPSA) is 0 Å². The Kier molecular flexibility index (Phi) is 5.68. The summed E-state index contributed by atoms with van der Waals surface area (Å²) in [6, 6.07) is 54.2. The van der Waals surface area contributed by atoms with Crippen molar-refractivity contribution in [2.75, 3.05) is 0 Å². The van der Waals surface area contributed by atoms with E-state index in [-0.39, 0.29) is 0 Å². The summed E-state index contributed by atoms with van der Waals surface area (Å²) in [6.45, 7) is 4.56. The van der Waals surface area contributed by atoms with Gasteiger partial charge in [0.1, 0.15) is 0 Å². The minimum Gasteiger partial charge on any atom is -0.0623 e. The van der Waals surface area contributed by atoms with Crippen molar-refractivity contribution in [1.29, 1.82) is 0 Å². The van der Waals surface area contributed by atoms with Crippen molar-refractivity contribution < 1.29 is 0 Å². The molecule has 0 unspecified atom stereocenters. The van der Waals surface area contributed by atoms with Gasteiger partial charge in [-0.2, -0.15) is 0 Å². The van der Waals surface area contributed by atoms with E-state index in [2.05, 4.69) is 159 Å². The minimum absolute atomic E-state index is 1.27. The second-order valence-electron chi connectivity index (χ2n) is 10.6. The van der Waals surface area contributed by atoms with Crippen molar-refractivity contribution >= 4 is 28.8 Å². The van der Waals surface area contributed by atoms with Gasteiger partial charge in [-0.05, 0) is 91.2 Å². The summed E-state index contributed by atoms with van der Waals surface area (Å²) < 4.78 is 0. The second kappa shape index (κ2) is 9.38. The lowest BCUT2D eigenvalue weighted by molar-refractivity contribution is 1.46. The zero-order valence-corrected chi connectivity index (χ0v) is 23.4. The van der Waals surface area contributed by atoms with Crippen molar-refractivity contribution in [2.45, 2.75) is 13.8 Å². The van der Waals surface area contributed by atoms with Crippen molar-refractivity contribution in [2.24, 2.45) is 0 Å². The molecule has 0 nitrogen and oxygen atoms in total. The molecule has 1 aliphatic heterocycles. The normalized spacial score (nSPS) is 13.1. The predicted octanol–water partition coefficient (Wildman–Crippen LogP) is 7.00. The molecule has 0 saturated carbocycles. The van der Waals surface area contributed by atoms with E-state index in [1.165, 1.54) is 65.3 Å². The van der Waals surface area contributed by atoms with Gasteiger partial charge >= 0.3 is 0 Å². The van der Waals surface area contributed by atoms with E-state index >= 15 is 0 Å². The van der Waals surface area contributed by atoms with Crippen LogP contribution >= 0.6 is 0 Å². The number of hydrogen-bond donors (Lipinski definition) is 0. The maximum atomic E-state index is 2.52. The summed E-state index contributed by atoms with van der Waals surface area (Å²) in [4.78, 5) is 0. The first-order chi connectivity index (χ1) is 19.2. The summed E-state index contributed by atoms with van der Waals surface area (Å²) in [5.41, 5.74) is 10.6. The molecular formula is C38H30Si. The van der Waals surface area contributed by atoms with Crippen LogP contribution in [0.15, 0.2) is 146 Å². The van der Waals surface area contributed by atoms with E-state index in [0.29, 0.717) is 0 Å². The smallest absolute Gasteiger partial charge is 0.0623 e. The molecule has 6 aromatic carbocycles. The molecule has 1 aliphatic rings. The molecule has 0 bridgehead atoms. The van der Waals surface area contributed by atoms with E-state index in [4.69, 9.17) is 0 Å². The van der Waals surface area contributed by atoms with Crippen molar-refractivity contribution in [3.8, 4) is 33.4 Å². The molecule has 0 amide bonds. The second-order valence-corrected chi connectivity index (χ2v) is 14.4. The Labute approximate surface area is 232 Å². The molecule has 0 fully saturated rings. The molecule has 7 rings (SSSR count). The quantitative estimate of drug-likeness (QED) is 0.222. The van der Waals surface area contributed by atoms with E-state index in [1.807, 2.05) is 0 Å². The summed E-state index contributed by atoms with van der Waals surface area (Å²) in [7, 11) is -2.54. The average molecular weight is 515 g/mol. The first kappa shape index (κ1) is 23.6. The molecule has 0 aliphatic carbocycles. The summed E-state index contributed by atoms with van der Waals surface area (Å²) in [5.74, 6) is 0. The van der Waals surface area contributed by atoms with Gasteiger partial charge in [0.2, 0.25) is 0 Å². The average Bonchev–Trinajstić information content (AvgIpc) is 3.26. The van der Waals surface area contributed by atoms with Crippen LogP contribution in [0.4, 0.5) is 0 Å². The highest BCUT2D eigenvalue weighted by Gasteiger charge is 2.49. The minimum atomic E-state index is -2.54. The molecule has 6 aromatic rings. The highest BCUT2D eigenvalue weighted by Crippen LogP contribution is 2.37. The van der Waals surface area contributed by atoms with Crippen LogP contribution in [0, 0.1) is 13.8 Å². The third kappa shape index (κ3) is 3.65. The molecule has 39 heavy (non-hydrogen) atoms. The lowest BCUT2D eigenvalue weighted by atomic mass is 9.92. The Morgan fingerprint density at radius 2 is 0.692 bits per heavy atom. The predicted molar refractivity (Wildman–Crippen MR) is 169 cm³/mol. The molecular weight excluding hydrogens is 485 g/mol. The van der Waals surface area contributed by atoms with Gasteiger partial charge in [0.15, 0.2) is 8.07 Å². The van der Waals surface area contributed by atoms with Crippen LogP contribution < -0.4 is 20.7 Å². The van der Waals surface area contributed by atoms with Gasteiger partial charge in [-0.3, -0.25) is 0 Å². The third-order valence-corrected chi connectivity index (χ3v) is 13.3. The van der Waals surface area contributed by atoms with Crippen molar-refractivity contribution in [1.82, 2.24) is 0 Å². The van der Waals surface area contributed by atoms with Gasteiger partial charge in [0.05, 0.1) is 0 Å². The Morgan fingerprint density at radius 1 is 0.359 bits per heavy atom. The standard InChI is InChI=1S/C38H30Si/c1-27-23-37-35(25-33(27)29-15-7-3-8-16-29)36-26-34(30-17-9-4-10-18-30)28(2)24-38(36)39(37,31-19-11-5-12-20-31)32-21-13-6-14-22-32/h3-26H,1-2H3. The maximum absolute atomic E-state index is 2.54. The molecule has 0 aromatic heterocycles.